The van der Waals surface area contributed by atoms with E-state index in [1.54, 1.807) is 0 Å². The van der Waals surface area contributed by atoms with Crippen molar-refractivity contribution in [3.63, 3.8) is 0 Å². The Morgan fingerprint density at radius 1 is 0.867 bits per heavy atom. The summed E-state index contributed by atoms with van der Waals surface area (Å²) in [7, 11) is 0. The molecule has 2 nitrogen and oxygen atoms in total. The third-order valence-electron chi connectivity index (χ3n) is 6.07. The Morgan fingerprint density at radius 3 is 2.10 bits per heavy atom. The minimum Gasteiger partial charge on any atom is -0.490 e. The van der Waals surface area contributed by atoms with Crippen LogP contribution in [-0.4, -0.2) is 18.8 Å². The minimum absolute atomic E-state index is 0.0490. The Hall–Kier alpha value is -1.28. The van der Waals surface area contributed by atoms with Gasteiger partial charge in [0.25, 0.3) is 0 Å². The van der Waals surface area contributed by atoms with Gasteiger partial charge in [-0.1, -0.05) is 102 Å². The van der Waals surface area contributed by atoms with Gasteiger partial charge in [0.15, 0.2) is 0 Å². The molecular weight excluding hydrogens is 368 g/mol. The lowest BCUT2D eigenvalue weighted by Crippen LogP contribution is -2.16. The molecule has 0 aromatic heterocycles. The number of ether oxygens (including phenoxy) is 2. The molecule has 1 aliphatic rings. The monoisotopic (exact) mass is 414 g/mol. The molecule has 30 heavy (non-hydrogen) atoms. The van der Waals surface area contributed by atoms with Crippen LogP contribution in [0.3, 0.4) is 0 Å². The number of rotatable bonds is 19. The minimum atomic E-state index is -0.0490. The van der Waals surface area contributed by atoms with Crippen LogP contribution in [0.15, 0.2) is 36.4 Å². The van der Waals surface area contributed by atoms with E-state index in [9.17, 15) is 0 Å². The topological polar surface area (TPSA) is 21.8 Å². The molecule has 2 rings (SSSR count). The van der Waals surface area contributed by atoms with Gasteiger partial charge < -0.3 is 9.47 Å². The van der Waals surface area contributed by atoms with Crippen LogP contribution in [0.1, 0.15) is 109 Å². The molecule has 0 spiro atoms. The molecule has 0 amide bonds. The van der Waals surface area contributed by atoms with Gasteiger partial charge in [-0.15, -0.1) is 0 Å². The number of aryl methyl sites for hydroxylation is 1. The first-order valence-corrected chi connectivity index (χ1v) is 12.7. The maximum absolute atomic E-state index is 5.86. The van der Waals surface area contributed by atoms with Crippen LogP contribution in [0, 0.1) is 0 Å². The fourth-order valence-corrected chi connectivity index (χ4v) is 3.82. The fourth-order valence-electron chi connectivity index (χ4n) is 3.82. The van der Waals surface area contributed by atoms with Crippen molar-refractivity contribution in [2.24, 2.45) is 0 Å². The molecular formula is C28H46O2. The zero-order valence-corrected chi connectivity index (χ0v) is 19.8. The maximum Gasteiger partial charge on any atom is 0.123 e. The molecule has 1 fully saturated rings. The Bertz CT molecular complexity index is 574. The molecule has 1 heterocycles. The molecule has 2 heteroatoms. The lowest BCUT2D eigenvalue weighted by molar-refractivity contribution is 0.202. The van der Waals surface area contributed by atoms with Crippen LogP contribution in [0.2, 0.25) is 0 Å². The molecule has 0 bridgehead atoms. The molecule has 0 N–H and O–H groups in total. The Labute approximate surface area is 186 Å². The van der Waals surface area contributed by atoms with Crippen molar-refractivity contribution in [3.8, 4) is 5.75 Å². The molecule has 1 aromatic rings. The standard InChI is InChI=1S/C28H46O2/c1-3-4-5-6-7-8-9-10-11-12-13-14-15-16-17-18-20-26-21-19-22-27(23-26)29-24-28(2)25-30-28/h16-17,19,21-23H,3-15,18,20,24-25H2,1-2H3/b17-16+. The van der Waals surface area contributed by atoms with Crippen molar-refractivity contribution in [1.82, 2.24) is 0 Å². The van der Waals surface area contributed by atoms with E-state index in [2.05, 4.69) is 44.2 Å². The van der Waals surface area contributed by atoms with E-state index in [4.69, 9.17) is 9.47 Å². The zero-order chi connectivity index (χ0) is 21.3. The van der Waals surface area contributed by atoms with Crippen molar-refractivity contribution in [2.45, 2.75) is 116 Å². The number of allylic oxidation sites excluding steroid dienone is 2. The quantitative estimate of drug-likeness (QED) is 0.129. The molecule has 1 aromatic carbocycles. The van der Waals surface area contributed by atoms with Crippen molar-refractivity contribution in [2.75, 3.05) is 13.2 Å². The number of hydrogen-bond donors (Lipinski definition) is 0. The van der Waals surface area contributed by atoms with Gasteiger partial charge in [-0.05, 0) is 50.3 Å². The van der Waals surface area contributed by atoms with Gasteiger partial charge in [-0.25, -0.2) is 0 Å². The van der Waals surface area contributed by atoms with E-state index >= 15 is 0 Å². The zero-order valence-electron chi connectivity index (χ0n) is 19.8. The van der Waals surface area contributed by atoms with Crippen LogP contribution < -0.4 is 4.74 Å². The summed E-state index contributed by atoms with van der Waals surface area (Å²) in [5.74, 6) is 0.963. The van der Waals surface area contributed by atoms with Gasteiger partial charge in [-0.3, -0.25) is 0 Å². The van der Waals surface area contributed by atoms with Crippen LogP contribution in [0.25, 0.3) is 0 Å². The highest BCUT2D eigenvalue weighted by Crippen LogP contribution is 2.27. The molecule has 1 saturated heterocycles. The highest BCUT2D eigenvalue weighted by Gasteiger charge is 2.40. The molecule has 170 valence electrons. The number of hydrogen-bond acceptors (Lipinski definition) is 2. The average molecular weight is 415 g/mol. The predicted molar refractivity (Wildman–Crippen MR) is 129 cm³/mol. The Kier molecular flexibility index (Phi) is 12.9. The predicted octanol–water partition coefficient (Wildman–Crippen LogP) is 8.43. The SMILES string of the molecule is CCCCCCCCCCCCCC/C=C/CCc1cccc(OCC2(C)CO2)c1. The molecule has 1 atom stereocenters. The molecule has 0 saturated carbocycles. The largest absolute Gasteiger partial charge is 0.490 e. The van der Waals surface area contributed by atoms with Gasteiger partial charge in [0.05, 0.1) is 6.61 Å². The average Bonchev–Trinajstić information content (AvgIpc) is 3.50. The van der Waals surface area contributed by atoms with E-state index < -0.39 is 0 Å². The summed E-state index contributed by atoms with van der Waals surface area (Å²) in [6, 6.07) is 8.50. The third kappa shape index (κ3) is 12.4. The number of epoxide rings is 1. The summed E-state index contributed by atoms with van der Waals surface area (Å²) in [5.41, 5.74) is 1.30. The lowest BCUT2D eigenvalue weighted by atomic mass is 10.0. The number of unbranched alkanes of at least 4 members (excludes halogenated alkanes) is 12. The van der Waals surface area contributed by atoms with E-state index in [1.165, 1.54) is 89.0 Å². The summed E-state index contributed by atoms with van der Waals surface area (Å²) >= 11 is 0. The second kappa shape index (κ2) is 15.5. The summed E-state index contributed by atoms with van der Waals surface area (Å²) in [4.78, 5) is 0. The van der Waals surface area contributed by atoms with Gasteiger partial charge in [-0.2, -0.15) is 0 Å². The first-order valence-electron chi connectivity index (χ1n) is 12.7. The van der Waals surface area contributed by atoms with Crippen LogP contribution in [0.4, 0.5) is 0 Å². The highest BCUT2D eigenvalue weighted by molar-refractivity contribution is 5.29. The van der Waals surface area contributed by atoms with E-state index in [0.717, 1.165) is 25.2 Å². The lowest BCUT2D eigenvalue weighted by Gasteiger charge is -2.09. The molecule has 0 radical (unpaired) electrons. The van der Waals surface area contributed by atoms with E-state index in [1.807, 2.05) is 6.07 Å². The van der Waals surface area contributed by atoms with Crippen molar-refractivity contribution >= 4 is 0 Å². The number of benzene rings is 1. The Morgan fingerprint density at radius 2 is 1.47 bits per heavy atom. The van der Waals surface area contributed by atoms with Crippen molar-refractivity contribution in [3.05, 3.63) is 42.0 Å². The van der Waals surface area contributed by atoms with Gasteiger partial charge in [0.1, 0.15) is 18.0 Å². The summed E-state index contributed by atoms with van der Waals surface area (Å²) < 4.78 is 11.2. The van der Waals surface area contributed by atoms with Crippen molar-refractivity contribution in [1.29, 1.82) is 0 Å². The van der Waals surface area contributed by atoms with Crippen LogP contribution >= 0.6 is 0 Å². The summed E-state index contributed by atoms with van der Waals surface area (Å²) in [5, 5.41) is 0. The van der Waals surface area contributed by atoms with Crippen molar-refractivity contribution < 1.29 is 9.47 Å². The maximum atomic E-state index is 5.86. The summed E-state index contributed by atoms with van der Waals surface area (Å²) in [6.07, 6.45) is 25.2. The Balaban J connectivity index is 1.39. The normalized spacial score (nSPS) is 18.2. The smallest absolute Gasteiger partial charge is 0.123 e. The molecule has 1 aliphatic heterocycles. The fraction of sp³-hybridized carbons (Fsp3) is 0.714. The van der Waals surface area contributed by atoms with Gasteiger partial charge in [0.2, 0.25) is 0 Å². The van der Waals surface area contributed by atoms with Gasteiger partial charge >= 0.3 is 0 Å². The molecule has 0 aliphatic carbocycles. The highest BCUT2D eigenvalue weighted by atomic mass is 16.6. The van der Waals surface area contributed by atoms with Crippen LogP contribution in [-0.2, 0) is 11.2 Å². The third-order valence-corrected chi connectivity index (χ3v) is 6.07. The van der Waals surface area contributed by atoms with Crippen LogP contribution in [0.5, 0.6) is 5.75 Å². The second-order valence-electron chi connectivity index (χ2n) is 9.36. The van der Waals surface area contributed by atoms with E-state index in [-0.39, 0.29) is 5.60 Å². The molecule has 1 unspecified atom stereocenters. The van der Waals surface area contributed by atoms with Gasteiger partial charge in [0, 0.05) is 0 Å². The first-order chi connectivity index (χ1) is 14.7. The summed E-state index contributed by atoms with van der Waals surface area (Å²) in [6.45, 7) is 5.85. The second-order valence-corrected chi connectivity index (χ2v) is 9.36. The first kappa shape index (κ1) is 25.0. The van der Waals surface area contributed by atoms with E-state index in [0.29, 0.717) is 6.61 Å².